The van der Waals surface area contributed by atoms with E-state index in [2.05, 4.69) is 0 Å². The number of hydrogen-bond acceptors (Lipinski definition) is 24. The van der Waals surface area contributed by atoms with Crippen molar-refractivity contribution >= 4 is 5.78 Å². The average molecular weight is 1410 g/mol. The Bertz CT molecular complexity index is 1400. The number of aliphatic hydroxyl groups excluding tert-OH is 1. The zero-order valence-corrected chi connectivity index (χ0v) is 61.7. The molecule has 582 valence electrons. The minimum Gasteiger partial charge on any atom is -0.396 e. The van der Waals surface area contributed by atoms with Gasteiger partial charge < -0.3 is 109 Å². The van der Waals surface area contributed by atoms with Gasteiger partial charge in [0, 0.05) is 297 Å². The second-order valence-electron chi connectivity index (χ2n) is 23.5. The fourth-order valence-electron chi connectivity index (χ4n) is 8.53. The summed E-state index contributed by atoms with van der Waals surface area (Å²) < 4.78 is 125. The van der Waals surface area contributed by atoms with Gasteiger partial charge in [0.15, 0.2) is 5.78 Å². The van der Waals surface area contributed by atoms with Crippen LogP contribution in [0.2, 0.25) is 0 Å². The molecule has 0 fully saturated rings. The molecule has 0 aromatic carbocycles. The van der Waals surface area contributed by atoms with Crippen molar-refractivity contribution in [1.29, 1.82) is 0 Å². The van der Waals surface area contributed by atoms with E-state index in [0.717, 1.165) is 154 Å². The summed E-state index contributed by atoms with van der Waals surface area (Å²) in [7, 11) is 0. The lowest BCUT2D eigenvalue weighted by Crippen LogP contribution is -2.17. The van der Waals surface area contributed by atoms with E-state index in [0.29, 0.717) is 284 Å². The van der Waals surface area contributed by atoms with Gasteiger partial charge in [-0.05, 0) is 154 Å². The molecule has 0 aromatic heterocycles. The van der Waals surface area contributed by atoms with Crippen LogP contribution >= 0.6 is 0 Å². The van der Waals surface area contributed by atoms with Crippen molar-refractivity contribution in [2.45, 2.75) is 168 Å². The fraction of sp³-hybridized carbons (Fsp3) is 0.986. The topological polar surface area (TPSA) is 240 Å². The van der Waals surface area contributed by atoms with Crippen molar-refractivity contribution in [3.8, 4) is 0 Å². The van der Waals surface area contributed by atoms with Crippen LogP contribution < -0.4 is 0 Å². The molecular weight excluding hydrogens is 1260 g/mol. The van der Waals surface area contributed by atoms with Crippen LogP contribution in [0.15, 0.2) is 0 Å². The molecule has 97 heavy (non-hydrogen) atoms. The summed E-state index contributed by atoms with van der Waals surface area (Å²) in [6.45, 7) is 34.1. The molecule has 24 nitrogen and oxygen atoms in total. The van der Waals surface area contributed by atoms with Crippen LogP contribution in [-0.2, 0) is 109 Å². The lowest BCUT2D eigenvalue weighted by molar-refractivity contribution is -0.127. The highest BCUT2D eigenvalue weighted by Gasteiger charge is 2.10. The fourth-order valence-corrected chi connectivity index (χ4v) is 8.53. The third-order valence-corrected chi connectivity index (χ3v) is 14.2. The number of aliphatic hydroxyl groups is 1. The average Bonchev–Trinajstić information content (AvgIpc) is 3.65. The molecule has 0 saturated carbocycles. The van der Waals surface area contributed by atoms with Crippen LogP contribution in [0.4, 0.5) is 0 Å². The van der Waals surface area contributed by atoms with Gasteiger partial charge in [-0.2, -0.15) is 0 Å². The first kappa shape index (κ1) is 95.8. The summed E-state index contributed by atoms with van der Waals surface area (Å²) in [6, 6.07) is 0. The molecule has 0 aliphatic heterocycles. The summed E-state index contributed by atoms with van der Waals surface area (Å²) >= 11 is 0. The third kappa shape index (κ3) is 88.9. The molecule has 0 radical (unpaired) electrons. The van der Waals surface area contributed by atoms with E-state index in [-0.39, 0.29) is 24.9 Å². The van der Waals surface area contributed by atoms with Crippen LogP contribution in [0.25, 0.3) is 0 Å². The molecule has 0 saturated heterocycles. The minimum absolute atomic E-state index is 0.0733. The van der Waals surface area contributed by atoms with Crippen molar-refractivity contribution < 1.29 is 114 Å². The van der Waals surface area contributed by atoms with Crippen molar-refractivity contribution in [2.24, 2.45) is 5.92 Å². The number of ether oxygens (including phenoxy) is 22. The molecule has 0 aliphatic rings. The van der Waals surface area contributed by atoms with Crippen molar-refractivity contribution in [3.05, 3.63) is 0 Å². The first-order valence-corrected chi connectivity index (χ1v) is 38.1. The van der Waals surface area contributed by atoms with Crippen LogP contribution in [-0.4, -0.2) is 308 Å². The van der Waals surface area contributed by atoms with Gasteiger partial charge in [-0.15, -0.1) is 0 Å². The van der Waals surface area contributed by atoms with Crippen molar-refractivity contribution in [3.63, 3.8) is 0 Å². The van der Waals surface area contributed by atoms with Gasteiger partial charge in [0.2, 0.25) is 0 Å². The third-order valence-electron chi connectivity index (χ3n) is 14.2. The maximum atomic E-state index is 11.7. The van der Waals surface area contributed by atoms with E-state index < -0.39 is 0 Å². The molecule has 1 N–H and O–H groups in total. The van der Waals surface area contributed by atoms with Gasteiger partial charge >= 0.3 is 0 Å². The normalized spacial score (nSPS) is 12.1. The van der Waals surface area contributed by atoms with Crippen LogP contribution in [0.5, 0.6) is 0 Å². The van der Waals surface area contributed by atoms with Gasteiger partial charge in [0.1, 0.15) is 6.61 Å². The van der Waals surface area contributed by atoms with E-state index in [9.17, 15) is 4.79 Å². The van der Waals surface area contributed by atoms with E-state index in [1.807, 2.05) is 13.8 Å². The lowest BCUT2D eigenvalue weighted by Gasteiger charge is -2.09. The smallest absolute Gasteiger partial charge is 0.161 e. The number of carbonyl (C=O) groups excluding carboxylic acids is 1. The summed E-state index contributed by atoms with van der Waals surface area (Å²) in [5.74, 6) is 0.244. The number of Topliss-reactive ketones (excluding diaryl/α,β-unsaturated/α-hetero) is 1. The van der Waals surface area contributed by atoms with Crippen molar-refractivity contribution in [2.75, 3.05) is 297 Å². The van der Waals surface area contributed by atoms with Gasteiger partial charge in [-0.1, -0.05) is 13.8 Å². The molecule has 0 amide bonds. The van der Waals surface area contributed by atoms with Crippen molar-refractivity contribution in [1.82, 2.24) is 0 Å². The molecular formula is C73H146O24. The molecule has 0 spiro atoms. The largest absolute Gasteiger partial charge is 0.396 e. The molecule has 0 heterocycles. The molecule has 0 rings (SSSR count). The number of unbranched alkanes of at least 4 members (excludes halogenated alkanes) is 1. The van der Waals surface area contributed by atoms with Crippen LogP contribution in [0.3, 0.4) is 0 Å². The maximum Gasteiger partial charge on any atom is 0.161 e. The highest BCUT2D eigenvalue weighted by atomic mass is 16.5. The molecule has 0 aliphatic carbocycles. The Morgan fingerprint density at radius 3 is 0.423 bits per heavy atom. The Balaban J connectivity index is 3.10. The number of rotatable bonds is 92. The number of carbonyl (C=O) groups is 1. The zero-order chi connectivity index (χ0) is 69.5. The minimum atomic E-state index is 0.0733. The first-order valence-electron chi connectivity index (χ1n) is 38.1. The van der Waals surface area contributed by atoms with E-state index >= 15 is 0 Å². The second-order valence-corrected chi connectivity index (χ2v) is 23.5. The van der Waals surface area contributed by atoms with Gasteiger partial charge in [-0.3, -0.25) is 4.79 Å². The van der Waals surface area contributed by atoms with E-state index in [1.54, 1.807) is 0 Å². The molecule has 1 unspecified atom stereocenters. The van der Waals surface area contributed by atoms with Crippen LogP contribution in [0, 0.1) is 5.92 Å². The summed E-state index contributed by atoms with van der Waals surface area (Å²) in [4.78, 5) is 11.7. The Kier molecular flexibility index (Phi) is 89.7. The molecule has 24 heteroatoms. The Morgan fingerprint density at radius 1 is 0.196 bits per heavy atom. The van der Waals surface area contributed by atoms with Gasteiger partial charge in [0.25, 0.3) is 0 Å². The summed E-state index contributed by atoms with van der Waals surface area (Å²) in [5.41, 5.74) is 0. The predicted molar refractivity (Wildman–Crippen MR) is 376 cm³/mol. The standard InChI is InChI=1S/C73H146O24/c1-3-72(2)73(75)71-97-70-26-69-96-68-25-67-95-66-24-65-94-64-23-63-93-62-22-61-92-60-21-59-91-58-20-57-90-56-19-55-89-54-18-53-88-52-17-51-87-50-16-49-86-48-15-47-85-46-14-45-84-44-13-43-83-42-12-41-82-40-11-39-81-38-10-37-80-36-9-35-79-34-8-33-78-32-7-31-77-30-6-29-76-28-5-4-27-74/h72,74H,3-71H2,1-2H3. The molecule has 1 atom stereocenters. The maximum absolute atomic E-state index is 11.7. The van der Waals surface area contributed by atoms with E-state index in [4.69, 9.17) is 109 Å². The Morgan fingerprint density at radius 2 is 0.309 bits per heavy atom. The first-order chi connectivity index (χ1) is 48.2. The quantitative estimate of drug-likeness (QED) is 0.0557. The summed E-state index contributed by atoms with van der Waals surface area (Å²) in [5, 5.41) is 8.74. The monoisotopic (exact) mass is 1410 g/mol. The molecule has 0 bridgehead atoms. The highest BCUT2D eigenvalue weighted by Crippen LogP contribution is 2.04. The summed E-state index contributed by atoms with van der Waals surface area (Å²) in [6.07, 6.45) is 21.0. The number of hydrogen-bond donors (Lipinski definition) is 1. The van der Waals surface area contributed by atoms with Crippen LogP contribution in [0.1, 0.15) is 168 Å². The molecule has 0 aromatic rings. The number of ketones is 1. The second kappa shape index (κ2) is 90.8. The van der Waals surface area contributed by atoms with E-state index in [1.165, 1.54) is 0 Å². The Hall–Kier alpha value is -1.25. The zero-order valence-electron chi connectivity index (χ0n) is 61.7. The Labute approximate surface area is 588 Å². The van der Waals surface area contributed by atoms with Gasteiger partial charge in [0.05, 0.1) is 0 Å². The SMILES string of the molecule is CCC(C)C(=O)COCCCOCCCOCCCOCCCOCCCOCCCOCCCOCCCOCCCOCCCOCCCOCCCOCCCOCCCOCCCOCCCOCCCOCCCOCCCOCCCOCCCOCCCCO. The lowest BCUT2D eigenvalue weighted by atomic mass is 10.1. The highest BCUT2D eigenvalue weighted by molar-refractivity contribution is 5.81. The predicted octanol–water partition coefficient (Wildman–Crippen LogP) is 9.93. The van der Waals surface area contributed by atoms with Gasteiger partial charge in [-0.25, -0.2) is 0 Å².